The average Bonchev–Trinajstić information content (AvgIpc) is 2.25. The first-order chi connectivity index (χ1) is 7.58. The molecule has 0 bridgehead atoms. The number of ether oxygens (including phenoxy) is 1. The highest BCUT2D eigenvalue weighted by molar-refractivity contribution is 5.78. The molecule has 0 fully saturated rings. The zero-order valence-corrected chi connectivity index (χ0v) is 10.6. The van der Waals surface area contributed by atoms with E-state index in [1.807, 2.05) is 13.8 Å². The summed E-state index contributed by atoms with van der Waals surface area (Å²) in [6, 6.07) is 4.21. The molecule has 0 saturated carbocycles. The van der Waals surface area contributed by atoms with Gasteiger partial charge in [0.05, 0.1) is 7.11 Å². The number of ketones is 1. The zero-order chi connectivity index (χ0) is 12.1. The Kier molecular flexibility index (Phi) is 4.53. The number of hydrogen-bond donors (Lipinski definition) is 0. The monoisotopic (exact) mass is 220 g/mol. The van der Waals surface area contributed by atoms with E-state index in [0.717, 1.165) is 23.3 Å². The van der Waals surface area contributed by atoms with Crippen LogP contribution in [0.5, 0.6) is 5.75 Å². The predicted molar refractivity (Wildman–Crippen MR) is 66.1 cm³/mol. The maximum atomic E-state index is 11.3. The minimum atomic E-state index is 0.307. The van der Waals surface area contributed by atoms with Crippen LogP contribution < -0.4 is 4.74 Å². The highest BCUT2D eigenvalue weighted by Gasteiger charge is 2.08. The van der Waals surface area contributed by atoms with Gasteiger partial charge in [0.15, 0.2) is 0 Å². The van der Waals surface area contributed by atoms with Gasteiger partial charge >= 0.3 is 0 Å². The van der Waals surface area contributed by atoms with Crippen molar-refractivity contribution in [2.75, 3.05) is 7.11 Å². The SMILES string of the molecule is CCC(=O)CCc1cc(C)cc(C)c1OC. The van der Waals surface area contributed by atoms with E-state index in [1.165, 1.54) is 5.56 Å². The maximum Gasteiger partial charge on any atom is 0.132 e. The molecule has 0 aliphatic heterocycles. The summed E-state index contributed by atoms with van der Waals surface area (Å²) in [6.07, 6.45) is 2.00. The standard InChI is InChI=1S/C14H20O2/c1-5-13(15)7-6-12-9-10(2)8-11(3)14(12)16-4/h8-9H,5-7H2,1-4H3. The van der Waals surface area contributed by atoms with Crippen LogP contribution in [0.25, 0.3) is 0 Å². The molecule has 1 aromatic carbocycles. The zero-order valence-electron chi connectivity index (χ0n) is 10.6. The van der Waals surface area contributed by atoms with Gasteiger partial charge in [-0.15, -0.1) is 0 Å². The molecule has 0 N–H and O–H groups in total. The summed E-state index contributed by atoms with van der Waals surface area (Å²) < 4.78 is 5.39. The van der Waals surface area contributed by atoms with Crippen LogP contribution >= 0.6 is 0 Å². The van der Waals surface area contributed by atoms with E-state index in [0.29, 0.717) is 18.6 Å². The molecular formula is C14H20O2. The van der Waals surface area contributed by atoms with Crippen molar-refractivity contribution in [3.63, 3.8) is 0 Å². The fraction of sp³-hybridized carbons (Fsp3) is 0.500. The first-order valence-corrected chi connectivity index (χ1v) is 5.74. The van der Waals surface area contributed by atoms with Crippen molar-refractivity contribution in [1.82, 2.24) is 0 Å². The molecule has 0 radical (unpaired) electrons. The van der Waals surface area contributed by atoms with Crippen molar-refractivity contribution in [3.05, 3.63) is 28.8 Å². The largest absolute Gasteiger partial charge is 0.496 e. The lowest BCUT2D eigenvalue weighted by atomic mass is 10.0. The lowest BCUT2D eigenvalue weighted by molar-refractivity contribution is -0.118. The minimum absolute atomic E-state index is 0.307. The molecule has 0 amide bonds. The smallest absolute Gasteiger partial charge is 0.132 e. The third kappa shape index (κ3) is 3.09. The van der Waals surface area contributed by atoms with E-state index in [-0.39, 0.29) is 0 Å². The van der Waals surface area contributed by atoms with Gasteiger partial charge in [-0.05, 0) is 31.4 Å². The molecule has 0 saturated heterocycles. The van der Waals surface area contributed by atoms with Crippen LogP contribution in [0.15, 0.2) is 12.1 Å². The normalized spacial score (nSPS) is 10.2. The minimum Gasteiger partial charge on any atom is -0.496 e. The Balaban J connectivity index is 2.89. The quantitative estimate of drug-likeness (QED) is 0.761. The molecular weight excluding hydrogens is 200 g/mol. The molecule has 2 heteroatoms. The summed E-state index contributed by atoms with van der Waals surface area (Å²) >= 11 is 0. The summed E-state index contributed by atoms with van der Waals surface area (Å²) in [5.74, 6) is 1.23. The summed E-state index contributed by atoms with van der Waals surface area (Å²) in [5.41, 5.74) is 3.50. The highest BCUT2D eigenvalue weighted by atomic mass is 16.5. The van der Waals surface area contributed by atoms with Gasteiger partial charge in [-0.25, -0.2) is 0 Å². The van der Waals surface area contributed by atoms with Gasteiger partial charge in [0, 0.05) is 12.8 Å². The van der Waals surface area contributed by atoms with Crippen LogP contribution in [0.4, 0.5) is 0 Å². The van der Waals surface area contributed by atoms with E-state index >= 15 is 0 Å². The molecule has 1 aromatic rings. The first-order valence-electron chi connectivity index (χ1n) is 5.74. The Morgan fingerprint density at radius 2 is 2.00 bits per heavy atom. The first kappa shape index (κ1) is 12.8. The lowest BCUT2D eigenvalue weighted by Crippen LogP contribution is -2.01. The number of aryl methyl sites for hydroxylation is 3. The molecule has 0 aromatic heterocycles. The van der Waals surface area contributed by atoms with Crippen molar-refractivity contribution in [1.29, 1.82) is 0 Å². The van der Waals surface area contributed by atoms with Crippen molar-refractivity contribution >= 4 is 5.78 Å². The van der Waals surface area contributed by atoms with E-state index in [4.69, 9.17) is 4.74 Å². The second kappa shape index (κ2) is 5.69. The molecule has 0 atom stereocenters. The Morgan fingerprint density at radius 1 is 1.31 bits per heavy atom. The lowest BCUT2D eigenvalue weighted by Gasteiger charge is -2.12. The number of methoxy groups -OCH3 is 1. The van der Waals surface area contributed by atoms with Crippen LogP contribution in [0, 0.1) is 13.8 Å². The number of rotatable bonds is 5. The van der Waals surface area contributed by atoms with E-state index in [1.54, 1.807) is 7.11 Å². The molecule has 16 heavy (non-hydrogen) atoms. The highest BCUT2D eigenvalue weighted by Crippen LogP contribution is 2.26. The Bertz CT molecular complexity index is 381. The van der Waals surface area contributed by atoms with E-state index in [2.05, 4.69) is 19.1 Å². The number of carbonyl (C=O) groups is 1. The molecule has 0 spiro atoms. The predicted octanol–water partition coefficient (Wildman–Crippen LogP) is 3.22. The maximum absolute atomic E-state index is 11.3. The molecule has 2 nitrogen and oxygen atoms in total. The number of benzene rings is 1. The summed E-state index contributed by atoms with van der Waals surface area (Å²) in [4.78, 5) is 11.3. The molecule has 88 valence electrons. The molecule has 0 aliphatic carbocycles. The van der Waals surface area contributed by atoms with Crippen LogP contribution in [0.3, 0.4) is 0 Å². The van der Waals surface area contributed by atoms with Gasteiger partial charge in [0.25, 0.3) is 0 Å². The fourth-order valence-electron chi connectivity index (χ4n) is 1.97. The Morgan fingerprint density at radius 3 is 2.56 bits per heavy atom. The Labute approximate surface area is 97.6 Å². The number of hydrogen-bond acceptors (Lipinski definition) is 2. The summed E-state index contributed by atoms with van der Waals surface area (Å²) in [5, 5.41) is 0. The van der Waals surface area contributed by atoms with Crippen LogP contribution in [-0.4, -0.2) is 12.9 Å². The second-order valence-electron chi connectivity index (χ2n) is 4.17. The molecule has 0 aliphatic rings. The van der Waals surface area contributed by atoms with E-state index in [9.17, 15) is 4.79 Å². The van der Waals surface area contributed by atoms with Gasteiger partial charge in [-0.2, -0.15) is 0 Å². The second-order valence-corrected chi connectivity index (χ2v) is 4.17. The van der Waals surface area contributed by atoms with Crippen LogP contribution in [-0.2, 0) is 11.2 Å². The van der Waals surface area contributed by atoms with Crippen molar-refractivity contribution in [2.24, 2.45) is 0 Å². The van der Waals surface area contributed by atoms with Crippen molar-refractivity contribution in [3.8, 4) is 5.75 Å². The molecule has 1 rings (SSSR count). The van der Waals surface area contributed by atoms with Crippen LogP contribution in [0.2, 0.25) is 0 Å². The number of Topliss-reactive ketones (excluding diaryl/α,β-unsaturated/α-hetero) is 1. The summed E-state index contributed by atoms with van der Waals surface area (Å²) in [7, 11) is 1.68. The molecule has 0 heterocycles. The summed E-state index contributed by atoms with van der Waals surface area (Å²) in [6.45, 7) is 6.01. The topological polar surface area (TPSA) is 26.3 Å². The third-order valence-electron chi connectivity index (χ3n) is 2.77. The van der Waals surface area contributed by atoms with Gasteiger partial charge in [0.2, 0.25) is 0 Å². The fourth-order valence-corrected chi connectivity index (χ4v) is 1.97. The van der Waals surface area contributed by atoms with Gasteiger partial charge in [-0.3, -0.25) is 4.79 Å². The Hall–Kier alpha value is -1.31. The number of carbonyl (C=O) groups excluding carboxylic acids is 1. The van der Waals surface area contributed by atoms with Crippen molar-refractivity contribution < 1.29 is 9.53 Å². The van der Waals surface area contributed by atoms with Crippen LogP contribution in [0.1, 0.15) is 36.5 Å². The van der Waals surface area contributed by atoms with Crippen molar-refractivity contribution in [2.45, 2.75) is 40.0 Å². The van der Waals surface area contributed by atoms with Gasteiger partial charge in [-0.1, -0.05) is 24.6 Å². The van der Waals surface area contributed by atoms with Gasteiger partial charge < -0.3 is 4.74 Å². The van der Waals surface area contributed by atoms with Gasteiger partial charge in [0.1, 0.15) is 11.5 Å². The average molecular weight is 220 g/mol. The molecule has 0 unspecified atom stereocenters. The third-order valence-corrected chi connectivity index (χ3v) is 2.77. The van der Waals surface area contributed by atoms with E-state index < -0.39 is 0 Å².